The van der Waals surface area contributed by atoms with E-state index >= 15 is 0 Å². The molecule has 4 N–H and O–H groups in total. The second-order valence-electron chi connectivity index (χ2n) is 12.9. The van der Waals surface area contributed by atoms with Crippen LogP contribution in [0.5, 0.6) is 5.75 Å². The first-order chi connectivity index (χ1) is 19.6. The molecule has 226 valence electrons. The van der Waals surface area contributed by atoms with Crippen molar-refractivity contribution in [3.8, 4) is 5.75 Å². The van der Waals surface area contributed by atoms with Gasteiger partial charge in [-0.25, -0.2) is 8.42 Å². The van der Waals surface area contributed by atoms with Crippen LogP contribution < -0.4 is 30.7 Å². The van der Waals surface area contributed by atoms with E-state index in [1.54, 1.807) is 12.1 Å². The molecule has 5 rings (SSSR count). The van der Waals surface area contributed by atoms with Gasteiger partial charge >= 0.3 is 0 Å². The van der Waals surface area contributed by atoms with Crippen molar-refractivity contribution < 1.29 is 17.9 Å². The summed E-state index contributed by atoms with van der Waals surface area (Å²) in [6.45, 7) is 14.2. The van der Waals surface area contributed by atoms with Gasteiger partial charge in [-0.15, -0.1) is 5.53 Å². The second-order valence-corrected chi connectivity index (χ2v) is 14.6. The van der Waals surface area contributed by atoms with Crippen molar-refractivity contribution in [3.63, 3.8) is 0 Å². The molecule has 3 aliphatic heterocycles. The van der Waals surface area contributed by atoms with Crippen molar-refractivity contribution in [2.24, 2.45) is 10.4 Å². The highest BCUT2D eigenvalue weighted by Crippen LogP contribution is 2.40. The number of hydrogen-bond acceptors (Lipinski definition) is 9. The topological polar surface area (TPSA) is 127 Å². The highest BCUT2D eigenvalue weighted by Gasteiger charge is 2.44. The van der Waals surface area contributed by atoms with E-state index in [1.165, 1.54) is 12.9 Å². The lowest BCUT2D eigenvalue weighted by atomic mass is 9.86. The SMILES string of the molecule is COc1c(NC(=O)c2ccc(C)c(N3C=C(C4CN=C5N4CCC5(C)C)NN3)c2)cc(C(C)(C)C)cc1NS(C)(=O)=O. The maximum absolute atomic E-state index is 13.6. The van der Waals surface area contributed by atoms with Gasteiger partial charge in [-0.2, -0.15) is 0 Å². The Kier molecular flexibility index (Phi) is 7.43. The van der Waals surface area contributed by atoms with Gasteiger partial charge in [0.1, 0.15) is 5.84 Å². The molecule has 1 amide bonds. The zero-order valence-corrected chi connectivity index (χ0v) is 26.4. The average molecular weight is 596 g/mol. The number of nitrogens with zero attached hydrogens (tertiary/aromatic N) is 3. The summed E-state index contributed by atoms with van der Waals surface area (Å²) in [5, 5.41) is 4.83. The van der Waals surface area contributed by atoms with Crippen LogP contribution in [0.25, 0.3) is 0 Å². The Morgan fingerprint density at radius 2 is 1.88 bits per heavy atom. The van der Waals surface area contributed by atoms with Crippen molar-refractivity contribution in [3.05, 3.63) is 58.9 Å². The summed E-state index contributed by atoms with van der Waals surface area (Å²) in [6, 6.07) is 9.18. The Balaban J connectivity index is 1.41. The molecule has 12 heteroatoms. The summed E-state index contributed by atoms with van der Waals surface area (Å²) in [5.74, 6) is 1.05. The van der Waals surface area contributed by atoms with Crippen molar-refractivity contribution >= 4 is 38.8 Å². The largest absolute Gasteiger partial charge is 0.492 e. The molecule has 0 aromatic heterocycles. The summed E-state index contributed by atoms with van der Waals surface area (Å²) in [6.07, 6.45) is 4.18. The number of carbonyl (C=O) groups excluding carboxylic acids is 1. The molecule has 42 heavy (non-hydrogen) atoms. The Labute approximate surface area is 248 Å². The number of methoxy groups -OCH3 is 1. The minimum atomic E-state index is -3.59. The predicted octanol–water partition coefficient (Wildman–Crippen LogP) is 4.11. The lowest BCUT2D eigenvalue weighted by Crippen LogP contribution is -2.43. The molecule has 2 aromatic rings. The number of carbonyl (C=O) groups is 1. The third kappa shape index (κ3) is 5.78. The third-order valence-corrected chi connectivity index (χ3v) is 8.62. The van der Waals surface area contributed by atoms with Crippen LogP contribution in [0.4, 0.5) is 17.1 Å². The Morgan fingerprint density at radius 1 is 1.17 bits per heavy atom. The number of nitrogens with one attached hydrogen (secondary N) is 4. The fraction of sp³-hybridized carbons (Fsp3) is 0.467. The van der Waals surface area contributed by atoms with E-state index in [9.17, 15) is 13.2 Å². The van der Waals surface area contributed by atoms with Crippen LogP contribution in [0.2, 0.25) is 0 Å². The number of sulfonamides is 1. The molecule has 0 aliphatic carbocycles. The third-order valence-electron chi connectivity index (χ3n) is 8.03. The maximum Gasteiger partial charge on any atom is 0.255 e. The molecule has 3 heterocycles. The number of anilines is 3. The van der Waals surface area contributed by atoms with Gasteiger partial charge in [-0.3, -0.25) is 19.5 Å². The van der Waals surface area contributed by atoms with Crippen LogP contribution in [0.3, 0.4) is 0 Å². The van der Waals surface area contributed by atoms with E-state index in [0.717, 1.165) is 41.7 Å². The molecule has 3 aliphatic rings. The summed E-state index contributed by atoms with van der Waals surface area (Å²) in [7, 11) is -2.15. The van der Waals surface area contributed by atoms with Crippen LogP contribution in [0, 0.1) is 12.3 Å². The highest BCUT2D eigenvalue weighted by molar-refractivity contribution is 7.92. The Bertz CT molecular complexity index is 1590. The molecule has 1 saturated heterocycles. The Morgan fingerprint density at radius 3 is 2.55 bits per heavy atom. The van der Waals surface area contributed by atoms with Crippen molar-refractivity contribution in [2.75, 3.05) is 41.5 Å². The van der Waals surface area contributed by atoms with Crippen LogP contribution in [-0.4, -0.2) is 57.6 Å². The molecular formula is C30H41N7O4S. The minimum absolute atomic E-state index is 0.0933. The number of amidine groups is 1. The summed E-state index contributed by atoms with van der Waals surface area (Å²) < 4.78 is 32.3. The van der Waals surface area contributed by atoms with E-state index in [2.05, 4.69) is 39.7 Å². The van der Waals surface area contributed by atoms with E-state index in [4.69, 9.17) is 9.73 Å². The van der Waals surface area contributed by atoms with Gasteiger partial charge < -0.3 is 20.4 Å². The first-order valence-electron chi connectivity index (χ1n) is 14.0. The van der Waals surface area contributed by atoms with Gasteiger partial charge in [0.15, 0.2) is 5.75 Å². The fourth-order valence-electron chi connectivity index (χ4n) is 5.63. The number of rotatable bonds is 7. The van der Waals surface area contributed by atoms with Crippen molar-refractivity contribution in [2.45, 2.75) is 59.4 Å². The number of aliphatic imine (C=N–C) groups is 1. The quantitative estimate of drug-likeness (QED) is 0.377. The molecule has 1 fully saturated rings. The van der Waals surface area contributed by atoms with E-state index in [-0.39, 0.29) is 34.2 Å². The van der Waals surface area contributed by atoms with Gasteiger partial charge in [0.2, 0.25) is 10.0 Å². The summed E-state index contributed by atoms with van der Waals surface area (Å²) in [4.78, 5) is 20.8. The lowest BCUT2D eigenvalue weighted by Gasteiger charge is -2.25. The van der Waals surface area contributed by atoms with Crippen molar-refractivity contribution in [1.29, 1.82) is 0 Å². The standard InChI is InChI=1S/C30H41N7O4S/c1-18-9-10-19(13-24(18)37-17-23(33-35-37)25-16-31-28-30(5,6)11-12-36(25)28)27(38)32-21-14-20(29(2,3)4)15-22(26(21)41-7)34-42(8,39)40/h9-10,13-15,17,25,33-35H,11-12,16H2,1-8H3,(H,32,38). The normalized spacial score (nSPS) is 19.7. The molecule has 0 radical (unpaired) electrons. The molecule has 2 aromatic carbocycles. The van der Waals surface area contributed by atoms with Gasteiger partial charge in [-0.1, -0.05) is 40.7 Å². The fourth-order valence-corrected chi connectivity index (χ4v) is 6.19. The first-order valence-corrected chi connectivity index (χ1v) is 15.9. The van der Waals surface area contributed by atoms with Gasteiger partial charge in [-0.05, 0) is 54.2 Å². The number of fused-ring (bicyclic) bond motifs is 1. The van der Waals surface area contributed by atoms with Gasteiger partial charge in [0, 0.05) is 23.7 Å². The molecule has 0 spiro atoms. The lowest BCUT2D eigenvalue weighted by molar-refractivity contribution is 0.102. The summed E-state index contributed by atoms with van der Waals surface area (Å²) in [5.41, 5.74) is 11.0. The van der Waals surface area contributed by atoms with Gasteiger partial charge in [0.05, 0.1) is 48.7 Å². The van der Waals surface area contributed by atoms with Crippen molar-refractivity contribution in [1.82, 2.24) is 15.9 Å². The smallest absolute Gasteiger partial charge is 0.255 e. The molecule has 11 nitrogen and oxygen atoms in total. The zero-order valence-electron chi connectivity index (χ0n) is 25.5. The number of hydrazine groups is 2. The number of ether oxygens (including phenoxy) is 1. The van der Waals surface area contributed by atoms with Crippen LogP contribution in [0.1, 0.15) is 62.5 Å². The first kappa shape index (κ1) is 29.7. The predicted molar refractivity (Wildman–Crippen MR) is 167 cm³/mol. The Hall–Kier alpha value is -3.77. The minimum Gasteiger partial charge on any atom is -0.492 e. The van der Waals surface area contributed by atoms with Gasteiger partial charge in [0.25, 0.3) is 5.91 Å². The maximum atomic E-state index is 13.6. The zero-order chi connectivity index (χ0) is 30.6. The van der Waals surface area contributed by atoms with E-state index < -0.39 is 10.0 Å². The monoisotopic (exact) mass is 595 g/mol. The number of hydrogen-bond donors (Lipinski definition) is 4. The van der Waals surface area contributed by atoms with Crippen LogP contribution in [0.15, 0.2) is 47.2 Å². The molecule has 1 unspecified atom stereocenters. The molecular weight excluding hydrogens is 554 g/mol. The number of benzene rings is 2. The second kappa shape index (κ2) is 10.5. The van der Waals surface area contributed by atoms with Crippen LogP contribution in [-0.2, 0) is 15.4 Å². The average Bonchev–Trinajstić information content (AvgIpc) is 3.60. The molecule has 0 bridgehead atoms. The van der Waals surface area contributed by atoms with E-state index in [0.29, 0.717) is 17.8 Å². The highest BCUT2D eigenvalue weighted by atomic mass is 32.2. The summed E-state index contributed by atoms with van der Waals surface area (Å²) >= 11 is 0. The van der Waals surface area contributed by atoms with Crippen LogP contribution >= 0.6 is 0 Å². The number of amides is 1. The number of aryl methyl sites for hydroxylation is 1. The molecule has 1 atom stereocenters. The van der Waals surface area contributed by atoms with E-state index in [1.807, 2.05) is 57.1 Å². The molecule has 0 saturated carbocycles.